The summed E-state index contributed by atoms with van der Waals surface area (Å²) in [7, 11) is -4.05. The van der Waals surface area contributed by atoms with Crippen molar-refractivity contribution in [1.82, 2.24) is 10.2 Å². The predicted molar refractivity (Wildman–Crippen MR) is 82.8 cm³/mol. The average molecular weight is 396 g/mol. The van der Waals surface area contributed by atoms with Crippen LogP contribution in [0.4, 0.5) is 14.8 Å². The molecule has 0 spiro atoms. The Bertz CT molecular complexity index is 901. The van der Waals surface area contributed by atoms with Crippen molar-refractivity contribution in [3.05, 3.63) is 28.6 Å². The van der Waals surface area contributed by atoms with Crippen LogP contribution < -0.4 is 10.1 Å². The van der Waals surface area contributed by atoms with Crippen LogP contribution in [0.5, 0.6) is 5.75 Å². The summed E-state index contributed by atoms with van der Waals surface area (Å²) in [5, 5.41) is 8.74. The van der Waals surface area contributed by atoms with E-state index in [-0.39, 0.29) is 17.5 Å². The van der Waals surface area contributed by atoms with Crippen LogP contribution in [0.2, 0.25) is 5.02 Å². The number of halogens is 3. The Morgan fingerprint density at radius 1 is 1.40 bits per heavy atom. The van der Waals surface area contributed by atoms with Gasteiger partial charge in [-0.05, 0) is 12.1 Å². The molecule has 136 valence electrons. The lowest BCUT2D eigenvalue weighted by molar-refractivity contribution is -0.0517. The summed E-state index contributed by atoms with van der Waals surface area (Å²) in [5.41, 5.74) is -0.286. The van der Waals surface area contributed by atoms with E-state index in [2.05, 4.69) is 20.3 Å². The summed E-state index contributed by atoms with van der Waals surface area (Å²) in [6.45, 7) is -0.466. The van der Waals surface area contributed by atoms with Gasteiger partial charge in [-0.25, -0.2) is 8.42 Å². The molecule has 0 saturated heterocycles. The number of anilines is 1. The second kappa shape index (κ2) is 7.31. The minimum atomic E-state index is -4.05. The summed E-state index contributed by atoms with van der Waals surface area (Å²) in [4.78, 5) is 11.5. The van der Waals surface area contributed by atoms with Gasteiger partial charge in [0, 0.05) is 6.92 Å². The van der Waals surface area contributed by atoms with E-state index >= 15 is 0 Å². The van der Waals surface area contributed by atoms with Crippen molar-refractivity contribution in [3.8, 4) is 5.75 Å². The molecule has 1 aromatic heterocycles. The maximum absolute atomic E-state index is 12.5. The monoisotopic (exact) mass is 395 g/mol. The van der Waals surface area contributed by atoms with Crippen LogP contribution in [0.3, 0.4) is 0 Å². The number of rotatable bonds is 6. The topological polar surface area (TPSA) is 111 Å². The lowest BCUT2D eigenvalue weighted by Crippen LogP contribution is -2.16. The molecular formula is C13H12ClF2N3O5S. The highest BCUT2D eigenvalue weighted by molar-refractivity contribution is 7.91. The number of hydrogen-bond donors (Lipinski definition) is 1. The Morgan fingerprint density at radius 3 is 2.60 bits per heavy atom. The molecule has 0 aliphatic carbocycles. The van der Waals surface area contributed by atoms with Gasteiger partial charge in [0.25, 0.3) is 5.91 Å². The Morgan fingerprint density at radius 2 is 2.08 bits per heavy atom. The number of carbonyl (C=O) groups is 1. The van der Waals surface area contributed by atoms with Crippen LogP contribution in [0, 0.1) is 6.92 Å². The van der Waals surface area contributed by atoms with Gasteiger partial charge in [-0.2, -0.15) is 8.78 Å². The number of carbonyl (C=O) groups excluding carboxylic acids is 1. The lowest BCUT2D eigenvalue weighted by atomic mass is 10.2. The molecule has 2 rings (SSSR count). The van der Waals surface area contributed by atoms with Crippen LogP contribution >= 0.6 is 11.6 Å². The molecule has 0 unspecified atom stereocenters. The standard InChI is InChI=1S/C13H12ClF2N3O5S/c1-3-25(21,22)10-8(24-12(15)16)5-4-7(9(10)14)11(20)17-13-19-18-6(2)23-13/h4-5,12H,3H2,1-2H3,(H,17,19,20). The summed E-state index contributed by atoms with van der Waals surface area (Å²) in [5.74, 6) is -1.74. The highest BCUT2D eigenvalue weighted by Gasteiger charge is 2.28. The first-order chi connectivity index (χ1) is 11.7. The molecular weight excluding hydrogens is 384 g/mol. The molecule has 12 heteroatoms. The summed E-state index contributed by atoms with van der Waals surface area (Å²) >= 11 is 6.00. The molecule has 1 aromatic carbocycles. The van der Waals surface area contributed by atoms with E-state index in [1.54, 1.807) is 0 Å². The Labute approximate surface area is 146 Å². The average Bonchev–Trinajstić information content (AvgIpc) is 2.91. The summed E-state index contributed by atoms with van der Waals surface area (Å²) in [6.07, 6.45) is 0. The van der Waals surface area contributed by atoms with Crippen molar-refractivity contribution in [2.75, 3.05) is 11.1 Å². The number of nitrogens with zero attached hydrogens (tertiary/aromatic N) is 2. The third kappa shape index (κ3) is 4.23. The molecule has 0 bridgehead atoms. The SMILES string of the molecule is CCS(=O)(=O)c1c(OC(F)F)ccc(C(=O)Nc2nnc(C)o2)c1Cl. The molecule has 8 nitrogen and oxygen atoms in total. The molecule has 1 N–H and O–H groups in total. The number of aromatic nitrogens is 2. The number of amides is 1. The van der Waals surface area contributed by atoms with Crippen LogP contribution in [-0.4, -0.2) is 36.9 Å². The highest BCUT2D eigenvalue weighted by atomic mass is 35.5. The number of sulfone groups is 1. The molecule has 0 saturated carbocycles. The number of nitrogens with one attached hydrogen (secondary N) is 1. The van der Waals surface area contributed by atoms with Crippen molar-refractivity contribution >= 4 is 33.4 Å². The van der Waals surface area contributed by atoms with E-state index in [4.69, 9.17) is 16.0 Å². The second-order valence-corrected chi connectivity index (χ2v) is 7.21. The maximum atomic E-state index is 12.5. The van der Waals surface area contributed by atoms with Gasteiger partial charge in [0.1, 0.15) is 10.6 Å². The van der Waals surface area contributed by atoms with Gasteiger partial charge < -0.3 is 9.15 Å². The number of ether oxygens (including phenoxy) is 1. The fraction of sp³-hybridized carbons (Fsp3) is 0.308. The fourth-order valence-corrected chi connectivity index (χ4v) is 3.54. The Balaban J connectivity index is 2.49. The van der Waals surface area contributed by atoms with Crippen LogP contribution in [0.15, 0.2) is 21.4 Å². The van der Waals surface area contributed by atoms with Crippen molar-refractivity contribution < 1.29 is 31.1 Å². The zero-order valence-electron chi connectivity index (χ0n) is 12.9. The Hall–Kier alpha value is -2.27. The zero-order valence-corrected chi connectivity index (χ0v) is 14.5. The smallest absolute Gasteiger partial charge is 0.387 e. The number of aryl methyl sites for hydroxylation is 1. The first kappa shape index (κ1) is 19.1. The van der Waals surface area contributed by atoms with Gasteiger partial charge in [0.2, 0.25) is 5.89 Å². The first-order valence-corrected chi connectivity index (χ1v) is 8.80. The highest BCUT2D eigenvalue weighted by Crippen LogP contribution is 2.36. The zero-order chi connectivity index (χ0) is 18.8. The minimum absolute atomic E-state index is 0.191. The van der Waals surface area contributed by atoms with E-state index in [9.17, 15) is 22.0 Å². The largest absolute Gasteiger partial charge is 0.433 e. The molecule has 1 amide bonds. The minimum Gasteiger partial charge on any atom is -0.433 e. The molecule has 25 heavy (non-hydrogen) atoms. The van der Waals surface area contributed by atoms with Crippen molar-refractivity contribution in [3.63, 3.8) is 0 Å². The maximum Gasteiger partial charge on any atom is 0.387 e. The van der Waals surface area contributed by atoms with E-state index in [1.807, 2.05) is 0 Å². The summed E-state index contributed by atoms with van der Waals surface area (Å²) in [6, 6.07) is 1.74. The number of hydrogen-bond acceptors (Lipinski definition) is 7. The third-order valence-electron chi connectivity index (χ3n) is 2.96. The second-order valence-electron chi connectivity index (χ2n) is 4.62. The fourth-order valence-electron chi connectivity index (χ4n) is 1.85. The van der Waals surface area contributed by atoms with Gasteiger partial charge in [-0.1, -0.05) is 23.6 Å². The van der Waals surface area contributed by atoms with E-state index in [1.165, 1.54) is 13.8 Å². The van der Waals surface area contributed by atoms with Gasteiger partial charge in [0.05, 0.1) is 16.3 Å². The van der Waals surface area contributed by atoms with Gasteiger partial charge >= 0.3 is 12.6 Å². The Kier molecular flexibility index (Phi) is 5.58. The van der Waals surface area contributed by atoms with Gasteiger partial charge in [0.15, 0.2) is 9.84 Å². The number of alkyl halides is 2. The van der Waals surface area contributed by atoms with Crippen LogP contribution in [-0.2, 0) is 9.84 Å². The third-order valence-corrected chi connectivity index (χ3v) is 5.25. The molecule has 2 aromatic rings. The first-order valence-electron chi connectivity index (χ1n) is 6.77. The van der Waals surface area contributed by atoms with Gasteiger partial charge in [-0.15, -0.1) is 5.10 Å². The molecule has 1 heterocycles. The molecule has 0 radical (unpaired) electrons. The van der Waals surface area contributed by atoms with Crippen LogP contribution in [0.1, 0.15) is 23.2 Å². The number of benzene rings is 1. The van der Waals surface area contributed by atoms with E-state index in [0.717, 1.165) is 12.1 Å². The molecule has 0 fully saturated rings. The van der Waals surface area contributed by atoms with Crippen molar-refractivity contribution in [2.45, 2.75) is 25.4 Å². The quantitative estimate of drug-likeness (QED) is 0.800. The lowest BCUT2D eigenvalue weighted by Gasteiger charge is -2.14. The summed E-state index contributed by atoms with van der Waals surface area (Å²) < 4.78 is 58.5. The van der Waals surface area contributed by atoms with Crippen molar-refractivity contribution in [1.29, 1.82) is 0 Å². The van der Waals surface area contributed by atoms with E-state index < -0.39 is 43.8 Å². The normalized spacial score (nSPS) is 11.6. The molecule has 0 aliphatic heterocycles. The van der Waals surface area contributed by atoms with Crippen molar-refractivity contribution in [2.24, 2.45) is 0 Å². The molecule has 0 atom stereocenters. The van der Waals surface area contributed by atoms with Crippen LogP contribution in [0.25, 0.3) is 0 Å². The van der Waals surface area contributed by atoms with Gasteiger partial charge in [-0.3, -0.25) is 10.1 Å². The molecule has 0 aliphatic rings. The predicted octanol–water partition coefficient (Wildman–Crippen LogP) is 2.68. The van der Waals surface area contributed by atoms with E-state index in [0.29, 0.717) is 0 Å².